The Balaban J connectivity index is 1.44. The molecule has 11 nitrogen and oxygen atoms in total. The van der Waals surface area contributed by atoms with Gasteiger partial charge in [0.15, 0.2) is 0 Å². The van der Waals surface area contributed by atoms with Crippen LogP contribution in [0.5, 0.6) is 11.5 Å². The Hall–Kier alpha value is -4.38. The van der Waals surface area contributed by atoms with Crippen molar-refractivity contribution in [3.63, 3.8) is 0 Å². The molecular formula is C24H27N7O4. The molecule has 1 aliphatic rings. The zero-order valence-electron chi connectivity index (χ0n) is 19.5. The number of anilines is 4. The molecule has 1 saturated heterocycles. The summed E-state index contributed by atoms with van der Waals surface area (Å²) in [6, 6.07) is 11.2. The number of benzene rings is 1. The fourth-order valence-corrected chi connectivity index (χ4v) is 3.66. The number of urea groups is 1. The normalized spacial score (nSPS) is 13.0. The van der Waals surface area contributed by atoms with Crippen LogP contribution in [0.2, 0.25) is 0 Å². The van der Waals surface area contributed by atoms with Crippen molar-refractivity contribution in [1.29, 1.82) is 0 Å². The summed E-state index contributed by atoms with van der Waals surface area (Å²) in [4.78, 5) is 36.1. The second-order valence-electron chi connectivity index (χ2n) is 7.64. The van der Waals surface area contributed by atoms with E-state index in [1.54, 1.807) is 48.8 Å². The summed E-state index contributed by atoms with van der Waals surface area (Å²) < 4.78 is 10.5. The third kappa shape index (κ3) is 5.95. The highest BCUT2D eigenvalue weighted by Gasteiger charge is 2.17. The highest BCUT2D eigenvalue weighted by molar-refractivity contribution is 6.05. The highest BCUT2D eigenvalue weighted by atomic mass is 16.5. The average molecular weight is 478 g/mol. The van der Waals surface area contributed by atoms with Gasteiger partial charge in [-0.05, 0) is 30.3 Å². The van der Waals surface area contributed by atoms with E-state index in [2.05, 4.69) is 36.1 Å². The van der Waals surface area contributed by atoms with Gasteiger partial charge >= 0.3 is 6.03 Å². The second kappa shape index (κ2) is 11.2. The number of nitrogens with one attached hydrogen (secondary N) is 4. The van der Waals surface area contributed by atoms with Crippen molar-refractivity contribution in [3.05, 3.63) is 60.6 Å². The van der Waals surface area contributed by atoms with Gasteiger partial charge < -0.3 is 30.3 Å². The molecule has 1 aromatic carbocycles. The minimum absolute atomic E-state index is 0.150. The number of carbonyl (C=O) groups is 2. The van der Waals surface area contributed by atoms with Gasteiger partial charge in [-0.3, -0.25) is 15.1 Å². The van der Waals surface area contributed by atoms with Gasteiger partial charge in [-0.2, -0.15) is 0 Å². The van der Waals surface area contributed by atoms with Gasteiger partial charge in [-0.15, -0.1) is 0 Å². The number of carbonyl (C=O) groups excluding carboxylic acids is 2. The fraction of sp³-hybridized carbons (Fsp3) is 0.250. The molecule has 3 amide bonds. The number of pyridine rings is 2. The largest absolute Gasteiger partial charge is 0.497 e. The lowest BCUT2D eigenvalue weighted by atomic mass is 10.2. The van der Waals surface area contributed by atoms with Crippen molar-refractivity contribution in [2.45, 2.75) is 0 Å². The lowest BCUT2D eigenvalue weighted by Gasteiger charge is -2.30. The quantitative estimate of drug-likeness (QED) is 0.409. The Bertz CT molecular complexity index is 1200. The number of nitrogens with zero attached hydrogens (tertiary/aromatic N) is 3. The smallest absolute Gasteiger partial charge is 0.324 e. The monoisotopic (exact) mass is 477 g/mol. The number of ether oxygens (including phenoxy) is 2. The molecule has 182 valence electrons. The van der Waals surface area contributed by atoms with Crippen LogP contribution in [-0.2, 0) is 0 Å². The van der Waals surface area contributed by atoms with Gasteiger partial charge in [0.2, 0.25) is 0 Å². The third-order valence-corrected chi connectivity index (χ3v) is 5.38. The number of methoxy groups -OCH3 is 2. The summed E-state index contributed by atoms with van der Waals surface area (Å²) in [5.41, 5.74) is 2.07. The maximum absolute atomic E-state index is 12.9. The Morgan fingerprint density at radius 3 is 2.57 bits per heavy atom. The number of amides is 3. The van der Waals surface area contributed by atoms with E-state index in [9.17, 15) is 9.59 Å². The predicted octanol–water partition coefficient (Wildman–Crippen LogP) is 2.80. The predicted molar refractivity (Wildman–Crippen MR) is 134 cm³/mol. The van der Waals surface area contributed by atoms with Crippen molar-refractivity contribution in [2.24, 2.45) is 0 Å². The zero-order valence-corrected chi connectivity index (χ0v) is 19.5. The molecule has 0 radical (unpaired) electrons. The molecule has 1 fully saturated rings. The lowest BCUT2D eigenvalue weighted by molar-refractivity contribution is 0.102. The summed E-state index contributed by atoms with van der Waals surface area (Å²) >= 11 is 0. The molecular weight excluding hydrogens is 450 g/mol. The first kappa shape index (κ1) is 23.8. The molecule has 35 heavy (non-hydrogen) atoms. The summed E-state index contributed by atoms with van der Waals surface area (Å²) in [6.45, 7) is 3.40. The molecule has 0 spiro atoms. The zero-order chi connectivity index (χ0) is 24.6. The molecule has 4 N–H and O–H groups in total. The molecule has 0 unspecified atom stereocenters. The molecule has 0 saturated carbocycles. The first-order valence-corrected chi connectivity index (χ1v) is 11.1. The van der Waals surface area contributed by atoms with Crippen LogP contribution in [0.25, 0.3) is 0 Å². The van der Waals surface area contributed by atoms with E-state index in [0.717, 1.165) is 31.9 Å². The van der Waals surface area contributed by atoms with Crippen molar-refractivity contribution in [3.8, 4) is 11.5 Å². The van der Waals surface area contributed by atoms with Gasteiger partial charge in [0.05, 0.1) is 37.5 Å². The van der Waals surface area contributed by atoms with Crippen LogP contribution in [-0.4, -0.2) is 62.3 Å². The van der Waals surface area contributed by atoms with Crippen molar-refractivity contribution in [2.75, 3.05) is 61.2 Å². The number of rotatable bonds is 7. The molecule has 11 heteroatoms. The van der Waals surface area contributed by atoms with Crippen LogP contribution >= 0.6 is 0 Å². The van der Waals surface area contributed by atoms with Crippen LogP contribution in [0, 0.1) is 0 Å². The SMILES string of the molecule is COc1ccc(OC)c(NC(=O)Nc2cccc(C(=O)Nc3cnccc3N3CCNCC3)n2)c1. The molecule has 3 aromatic rings. The summed E-state index contributed by atoms with van der Waals surface area (Å²) in [5, 5.41) is 11.5. The van der Waals surface area contributed by atoms with E-state index in [1.807, 2.05) is 6.07 Å². The molecule has 0 aliphatic carbocycles. The molecule has 4 rings (SSSR count). The van der Waals surface area contributed by atoms with Gasteiger partial charge in [0.25, 0.3) is 5.91 Å². The van der Waals surface area contributed by atoms with Gasteiger partial charge in [0, 0.05) is 38.4 Å². The maximum atomic E-state index is 12.9. The average Bonchev–Trinajstić information content (AvgIpc) is 2.89. The standard InChI is InChI=1S/C24H27N7O4/c1-34-16-6-7-21(35-2)18(14-16)29-24(33)30-22-5-3-4-17(27-22)23(32)28-19-15-26-9-8-20(19)31-12-10-25-11-13-31/h3-9,14-15,25H,10-13H2,1-2H3,(H,28,32)(H2,27,29,30,33). The summed E-state index contributed by atoms with van der Waals surface area (Å²) in [5.74, 6) is 0.839. The first-order valence-electron chi connectivity index (χ1n) is 11.1. The summed E-state index contributed by atoms with van der Waals surface area (Å²) in [6.07, 6.45) is 3.32. The molecule has 0 atom stereocenters. The Kier molecular flexibility index (Phi) is 7.58. The van der Waals surface area contributed by atoms with E-state index in [-0.39, 0.29) is 11.5 Å². The summed E-state index contributed by atoms with van der Waals surface area (Å²) in [7, 11) is 3.04. The van der Waals surface area contributed by atoms with Crippen LogP contribution < -0.4 is 35.6 Å². The van der Waals surface area contributed by atoms with E-state index in [1.165, 1.54) is 14.2 Å². The highest BCUT2D eigenvalue weighted by Crippen LogP contribution is 2.29. The van der Waals surface area contributed by atoms with Gasteiger partial charge in [-0.1, -0.05) is 6.07 Å². The second-order valence-corrected chi connectivity index (χ2v) is 7.64. The van der Waals surface area contributed by atoms with E-state index in [4.69, 9.17) is 9.47 Å². The fourth-order valence-electron chi connectivity index (χ4n) is 3.66. The van der Waals surface area contributed by atoms with E-state index < -0.39 is 11.9 Å². The van der Waals surface area contributed by atoms with Crippen LogP contribution in [0.3, 0.4) is 0 Å². The van der Waals surface area contributed by atoms with E-state index >= 15 is 0 Å². The number of hydrogen-bond acceptors (Lipinski definition) is 8. The topological polar surface area (TPSA) is 130 Å². The molecule has 3 heterocycles. The molecule has 2 aromatic heterocycles. The maximum Gasteiger partial charge on any atom is 0.324 e. The van der Waals surface area contributed by atoms with Crippen LogP contribution in [0.4, 0.5) is 27.7 Å². The Morgan fingerprint density at radius 1 is 0.971 bits per heavy atom. The Labute approximate surface area is 202 Å². The number of piperazine rings is 1. The minimum Gasteiger partial charge on any atom is -0.497 e. The van der Waals surface area contributed by atoms with Crippen molar-refractivity contribution in [1.82, 2.24) is 15.3 Å². The van der Waals surface area contributed by atoms with Crippen LogP contribution in [0.15, 0.2) is 54.9 Å². The molecule has 0 bridgehead atoms. The Morgan fingerprint density at radius 2 is 1.80 bits per heavy atom. The number of aromatic nitrogens is 2. The lowest BCUT2D eigenvalue weighted by Crippen LogP contribution is -2.43. The van der Waals surface area contributed by atoms with Crippen LogP contribution in [0.1, 0.15) is 10.5 Å². The number of hydrogen-bond donors (Lipinski definition) is 4. The van der Waals surface area contributed by atoms with Gasteiger partial charge in [0.1, 0.15) is 23.0 Å². The minimum atomic E-state index is -0.546. The van der Waals surface area contributed by atoms with Crippen molar-refractivity contribution >= 4 is 34.8 Å². The van der Waals surface area contributed by atoms with Crippen molar-refractivity contribution < 1.29 is 19.1 Å². The first-order chi connectivity index (χ1) is 17.1. The molecule has 1 aliphatic heterocycles. The van der Waals surface area contributed by atoms with Gasteiger partial charge in [-0.25, -0.2) is 9.78 Å². The third-order valence-electron chi connectivity index (χ3n) is 5.38. The van der Waals surface area contributed by atoms with E-state index in [0.29, 0.717) is 22.9 Å².